The van der Waals surface area contributed by atoms with Crippen molar-refractivity contribution in [2.75, 3.05) is 12.4 Å². The molecule has 1 aromatic rings. The predicted octanol–water partition coefficient (Wildman–Crippen LogP) is 1.78. The number of carbonyl (C=O) groups excluding carboxylic acids is 1. The molecule has 0 aromatic heterocycles. The summed E-state index contributed by atoms with van der Waals surface area (Å²) >= 11 is 10.4. The fourth-order valence-corrected chi connectivity index (χ4v) is 1.32. The van der Waals surface area contributed by atoms with Crippen molar-refractivity contribution in [3.8, 4) is 0 Å². The third-order valence-corrected chi connectivity index (χ3v) is 1.98. The molecular weight excluding hydrogens is 236 g/mol. The molecule has 0 saturated carbocycles. The summed E-state index contributed by atoms with van der Waals surface area (Å²) in [7, 11) is 1.29. The molecule has 0 atom stereocenters. The van der Waals surface area contributed by atoms with Crippen LogP contribution in [0.4, 0.5) is 5.69 Å². The zero-order chi connectivity index (χ0) is 11.4. The van der Waals surface area contributed by atoms with E-state index in [1.165, 1.54) is 13.2 Å². The number of thiocarbonyl (C=S) groups is 1. The van der Waals surface area contributed by atoms with Gasteiger partial charge in [0.1, 0.15) is 0 Å². The summed E-state index contributed by atoms with van der Waals surface area (Å²) in [5.74, 6) is -0.503. The molecular formula is C9H9ClN2O2S. The molecule has 0 fully saturated rings. The number of halogens is 1. The summed E-state index contributed by atoms with van der Waals surface area (Å²) in [6.45, 7) is 0. The average Bonchev–Trinajstić information content (AvgIpc) is 2.19. The van der Waals surface area contributed by atoms with Gasteiger partial charge < -0.3 is 15.8 Å². The van der Waals surface area contributed by atoms with E-state index in [-0.39, 0.29) is 10.7 Å². The number of benzene rings is 1. The van der Waals surface area contributed by atoms with Crippen LogP contribution in [0.25, 0.3) is 0 Å². The average molecular weight is 245 g/mol. The molecule has 6 heteroatoms. The number of hydrogen-bond acceptors (Lipinski definition) is 3. The number of rotatable bonds is 2. The first-order valence-electron chi connectivity index (χ1n) is 3.99. The van der Waals surface area contributed by atoms with Gasteiger partial charge in [-0.05, 0) is 30.4 Å². The molecule has 0 radical (unpaired) electrons. The van der Waals surface area contributed by atoms with Gasteiger partial charge in [-0.15, -0.1) is 0 Å². The maximum Gasteiger partial charge on any atom is 0.340 e. The second-order valence-corrected chi connectivity index (χ2v) is 3.55. The van der Waals surface area contributed by atoms with E-state index in [4.69, 9.17) is 17.3 Å². The third-order valence-electron chi connectivity index (χ3n) is 1.64. The van der Waals surface area contributed by atoms with Gasteiger partial charge in [-0.1, -0.05) is 11.6 Å². The van der Waals surface area contributed by atoms with E-state index in [2.05, 4.69) is 22.3 Å². The van der Waals surface area contributed by atoms with Crippen molar-refractivity contribution in [3.05, 3.63) is 28.8 Å². The molecule has 80 valence electrons. The fraction of sp³-hybridized carbons (Fsp3) is 0.111. The van der Waals surface area contributed by atoms with Crippen molar-refractivity contribution in [1.82, 2.24) is 0 Å². The molecule has 4 nitrogen and oxygen atoms in total. The van der Waals surface area contributed by atoms with Gasteiger partial charge in [-0.25, -0.2) is 4.79 Å². The zero-order valence-electron chi connectivity index (χ0n) is 7.91. The molecule has 0 unspecified atom stereocenters. The lowest BCUT2D eigenvalue weighted by Gasteiger charge is -2.09. The van der Waals surface area contributed by atoms with Crippen LogP contribution in [0.15, 0.2) is 18.2 Å². The maximum absolute atomic E-state index is 11.4. The summed E-state index contributed by atoms with van der Waals surface area (Å²) in [4.78, 5) is 11.4. The van der Waals surface area contributed by atoms with E-state index < -0.39 is 5.97 Å². The van der Waals surface area contributed by atoms with Crippen LogP contribution in [-0.2, 0) is 4.74 Å². The van der Waals surface area contributed by atoms with Crippen LogP contribution in [0.3, 0.4) is 0 Å². The topological polar surface area (TPSA) is 64.3 Å². The van der Waals surface area contributed by atoms with Crippen molar-refractivity contribution in [1.29, 1.82) is 0 Å². The maximum atomic E-state index is 11.4. The number of ether oxygens (including phenoxy) is 1. The summed E-state index contributed by atoms with van der Waals surface area (Å²) in [6, 6.07) is 4.70. The number of methoxy groups -OCH3 is 1. The highest BCUT2D eigenvalue weighted by Crippen LogP contribution is 2.21. The number of carbonyl (C=O) groups is 1. The molecule has 0 spiro atoms. The highest BCUT2D eigenvalue weighted by molar-refractivity contribution is 7.80. The molecule has 1 aromatic carbocycles. The number of nitrogens with two attached hydrogens (primary N) is 1. The Morgan fingerprint density at radius 1 is 1.60 bits per heavy atom. The lowest BCUT2D eigenvalue weighted by molar-refractivity contribution is 0.0602. The van der Waals surface area contributed by atoms with Gasteiger partial charge in [0.05, 0.1) is 18.4 Å². The van der Waals surface area contributed by atoms with Gasteiger partial charge in [-0.3, -0.25) is 0 Å². The molecule has 3 N–H and O–H groups in total. The van der Waals surface area contributed by atoms with E-state index in [0.29, 0.717) is 10.7 Å². The van der Waals surface area contributed by atoms with Crippen molar-refractivity contribution < 1.29 is 9.53 Å². The first-order chi connectivity index (χ1) is 7.04. The third kappa shape index (κ3) is 3.07. The SMILES string of the molecule is COC(=O)c1cc(Cl)ccc1NC(N)=S. The minimum Gasteiger partial charge on any atom is -0.465 e. The quantitative estimate of drug-likeness (QED) is 0.613. The number of hydrogen-bond donors (Lipinski definition) is 2. The Balaban J connectivity index is 3.14. The van der Waals surface area contributed by atoms with Crippen molar-refractivity contribution in [2.45, 2.75) is 0 Å². The molecule has 0 amide bonds. The second-order valence-electron chi connectivity index (χ2n) is 2.67. The fourth-order valence-electron chi connectivity index (χ4n) is 1.04. The highest BCUT2D eigenvalue weighted by atomic mass is 35.5. The smallest absolute Gasteiger partial charge is 0.340 e. The van der Waals surface area contributed by atoms with E-state index in [0.717, 1.165) is 0 Å². The van der Waals surface area contributed by atoms with Gasteiger partial charge >= 0.3 is 5.97 Å². The minimum atomic E-state index is -0.503. The van der Waals surface area contributed by atoms with Crippen LogP contribution in [0.2, 0.25) is 5.02 Å². The predicted molar refractivity (Wildman–Crippen MR) is 63.2 cm³/mol. The van der Waals surface area contributed by atoms with Crippen LogP contribution in [-0.4, -0.2) is 18.2 Å². The highest BCUT2D eigenvalue weighted by Gasteiger charge is 2.12. The summed E-state index contributed by atoms with van der Waals surface area (Å²) in [6.07, 6.45) is 0. The summed E-state index contributed by atoms with van der Waals surface area (Å²) in [5.41, 5.74) is 6.07. The Hall–Kier alpha value is -1.33. The van der Waals surface area contributed by atoms with Crippen LogP contribution in [0.1, 0.15) is 10.4 Å². The number of esters is 1. The van der Waals surface area contributed by atoms with Crippen LogP contribution in [0, 0.1) is 0 Å². The monoisotopic (exact) mass is 244 g/mol. The molecule has 0 aliphatic carbocycles. The normalized spacial score (nSPS) is 9.47. The Morgan fingerprint density at radius 2 is 2.27 bits per heavy atom. The largest absolute Gasteiger partial charge is 0.465 e. The number of anilines is 1. The molecule has 0 bridgehead atoms. The van der Waals surface area contributed by atoms with Crippen LogP contribution in [0.5, 0.6) is 0 Å². The van der Waals surface area contributed by atoms with E-state index >= 15 is 0 Å². The van der Waals surface area contributed by atoms with Crippen LogP contribution >= 0.6 is 23.8 Å². The number of nitrogens with one attached hydrogen (secondary N) is 1. The Morgan fingerprint density at radius 3 is 2.80 bits per heavy atom. The molecule has 0 aliphatic heterocycles. The van der Waals surface area contributed by atoms with Gasteiger partial charge in [0.2, 0.25) is 0 Å². The van der Waals surface area contributed by atoms with Gasteiger partial charge in [0, 0.05) is 5.02 Å². The zero-order valence-corrected chi connectivity index (χ0v) is 9.48. The Bertz CT molecular complexity index is 409. The molecule has 15 heavy (non-hydrogen) atoms. The van der Waals surface area contributed by atoms with Gasteiger partial charge in [-0.2, -0.15) is 0 Å². The molecule has 1 rings (SSSR count). The van der Waals surface area contributed by atoms with Crippen molar-refractivity contribution >= 4 is 40.6 Å². The molecule has 0 heterocycles. The van der Waals surface area contributed by atoms with Crippen molar-refractivity contribution in [3.63, 3.8) is 0 Å². The first-order valence-corrected chi connectivity index (χ1v) is 4.77. The summed E-state index contributed by atoms with van der Waals surface area (Å²) in [5, 5.41) is 3.17. The van der Waals surface area contributed by atoms with E-state index in [1.54, 1.807) is 12.1 Å². The van der Waals surface area contributed by atoms with E-state index in [9.17, 15) is 4.79 Å². The Labute approximate surface area is 97.4 Å². The first kappa shape index (κ1) is 11.7. The van der Waals surface area contributed by atoms with E-state index in [1.807, 2.05) is 0 Å². The van der Waals surface area contributed by atoms with Gasteiger partial charge in [0.25, 0.3) is 0 Å². The minimum absolute atomic E-state index is 0.0717. The standard InChI is InChI=1S/C9H9ClN2O2S/c1-14-8(13)6-4-5(10)2-3-7(6)12-9(11)15/h2-4H,1H3,(H3,11,12,15). The van der Waals surface area contributed by atoms with Crippen LogP contribution < -0.4 is 11.1 Å². The molecule has 0 aliphatic rings. The van der Waals surface area contributed by atoms with Gasteiger partial charge in [0.15, 0.2) is 5.11 Å². The van der Waals surface area contributed by atoms with Crippen molar-refractivity contribution in [2.24, 2.45) is 5.73 Å². The Kier molecular flexibility index (Phi) is 3.88. The lowest BCUT2D eigenvalue weighted by atomic mass is 10.2. The lowest BCUT2D eigenvalue weighted by Crippen LogP contribution is -2.20. The summed E-state index contributed by atoms with van der Waals surface area (Å²) < 4.78 is 4.59. The molecule has 0 saturated heterocycles. The second kappa shape index (κ2) is 4.95.